The van der Waals surface area contributed by atoms with E-state index < -0.39 is 0 Å². The second-order valence-corrected chi connectivity index (χ2v) is 11.5. The van der Waals surface area contributed by atoms with Gasteiger partial charge in [0.15, 0.2) is 0 Å². The lowest BCUT2D eigenvalue weighted by Gasteiger charge is -2.47. The molecule has 1 aromatic heterocycles. The Morgan fingerprint density at radius 2 is 1.55 bits per heavy atom. The first-order chi connectivity index (χ1) is 16.2. The SMILES string of the molecule is CC1(N2CCC(n3c(N4CCN5CCC[C@H]5C4)nc4ccccc43)CC2)CCCCCCC1. The van der Waals surface area contributed by atoms with Gasteiger partial charge in [-0.05, 0) is 64.1 Å². The fraction of sp³-hybridized carbons (Fsp3) is 0.750. The smallest absolute Gasteiger partial charge is 0.206 e. The minimum absolute atomic E-state index is 0.421. The van der Waals surface area contributed by atoms with Gasteiger partial charge in [-0.25, -0.2) is 4.98 Å². The largest absolute Gasteiger partial charge is 0.339 e. The van der Waals surface area contributed by atoms with Crippen LogP contribution in [0.25, 0.3) is 11.0 Å². The zero-order valence-corrected chi connectivity index (χ0v) is 20.7. The molecule has 1 atom stereocenters. The summed E-state index contributed by atoms with van der Waals surface area (Å²) in [5.41, 5.74) is 2.94. The molecule has 0 radical (unpaired) electrons. The molecule has 5 nitrogen and oxygen atoms in total. The van der Waals surface area contributed by atoms with Crippen molar-refractivity contribution in [3.8, 4) is 0 Å². The molecule has 3 aliphatic heterocycles. The summed E-state index contributed by atoms with van der Waals surface area (Å²) >= 11 is 0. The number of anilines is 1. The Morgan fingerprint density at radius 1 is 0.788 bits per heavy atom. The Hall–Kier alpha value is -1.59. The topological polar surface area (TPSA) is 27.5 Å². The van der Waals surface area contributed by atoms with Crippen molar-refractivity contribution in [3.05, 3.63) is 24.3 Å². The maximum absolute atomic E-state index is 5.23. The number of benzene rings is 1. The lowest BCUT2D eigenvalue weighted by atomic mass is 9.82. The van der Waals surface area contributed by atoms with Gasteiger partial charge in [0.2, 0.25) is 5.95 Å². The summed E-state index contributed by atoms with van der Waals surface area (Å²) < 4.78 is 2.65. The Bertz CT molecular complexity index is 935. The van der Waals surface area contributed by atoms with E-state index in [1.807, 2.05) is 0 Å². The predicted octanol–water partition coefficient (Wildman–Crippen LogP) is 5.46. The molecule has 4 heterocycles. The summed E-state index contributed by atoms with van der Waals surface area (Å²) in [4.78, 5) is 13.4. The first-order valence-electron chi connectivity index (χ1n) is 13.9. The zero-order chi connectivity index (χ0) is 22.3. The lowest BCUT2D eigenvalue weighted by Crippen LogP contribution is -2.52. The first-order valence-corrected chi connectivity index (χ1v) is 13.9. The number of hydrogen-bond donors (Lipinski definition) is 0. The van der Waals surface area contributed by atoms with Crippen molar-refractivity contribution in [2.24, 2.45) is 0 Å². The number of aromatic nitrogens is 2. The van der Waals surface area contributed by atoms with Crippen LogP contribution in [0.1, 0.15) is 83.6 Å². The van der Waals surface area contributed by atoms with Gasteiger partial charge < -0.3 is 9.47 Å². The van der Waals surface area contributed by atoms with Gasteiger partial charge in [-0.3, -0.25) is 9.80 Å². The van der Waals surface area contributed by atoms with Crippen LogP contribution in [-0.4, -0.2) is 70.2 Å². The van der Waals surface area contributed by atoms with Crippen molar-refractivity contribution in [1.29, 1.82) is 0 Å². The van der Waals surface area contributed by atoms with E-state index in [2.05, 4.69) is 50.5 Å². The van der Waals surface area contributed by atoms with E-state index in [9.17, 15) is 0 Å². The number of hydrogen-bond acceptors (Lipinski definition) is 4. The summed E-state index contributed by atoms with van der Waals surface area (Å²) in [7, 11) is 0. The van der Waals surface area contributed by atoms with Crippen molar-refractivity contribution in [2.75, 3.05) is 44.2 Å². The molecule has 33 heavy (non-hydrogen) atoms. The maximum atomic E-state index is 5.23. The average molecular weight is 450 g/mol. The molecule has 0 spiro atoms. The molecule has 0 unspecified atom stereocenters. The second-order valence-electron chi connectivity index (χ2n) is 11.5. The summed E-state index contributed by atoms with van der Waals surface area (Å²) in [5, 5.41) is 0. The van der Waals surface area contributed by atoms with Crippen LogP contribution in [0.4, 0.5) is 5.95 Å². The van der Waals surface area contributed by atoms with E-state index in [4.69, 9.17) is 4.98 Å². The zero-order valence-electron chi connectivity index (χ0n) is 20.7. The Balaban J connectivity index is 1.23. The molecule has 3 saturated heterocycles. The van der Waals surface area contributed by atoms with Gasteiger partial charge in [0.1, 0.15) is 0 Å². The minimum atomic E-state index is 0.421. The number of piperidine rings is 1. The molecule has 0 bridgehead atoms. The van der Waals surface area contributed by atoms with Gasteiger partial charge in [0, 0.05) is 50.3 Å². The molecule has 5 heteroatoms. The first kappa shape index (κ1) is 21.9. The number of rotatable bonds is 3. The van der Waals surface area contributed by atoms with Crippen molar-refractivity contribution in [3.63, 3.8) is 0 Å². The molecule has 1 saturated carbocycles. The lowest BCUT2D eigenvalue weighted by molar-refractivity contribution is 0.0442. The molecule has 2 aromatic rings. The summed E-state index contributed by atoms with van der Waals surface area (Å²) in [5.74, 6) is 1.25. The molecule has 4 aliphatic rings. The van der Waals surface area contributed by atoms with Gasteiger partial charge in [-0.15, -0.1) is 0 Å². The molecule has 1 aromatic carbocycles. The van der Waals surface area contributed by atoms with Crippen molar-refractivity contribution in [1.82, 2.24) is 19.4 Å². The molecule has 0 N–H and O–H groups in total. The Labute approximate surface area is 200 Å². The highest BCUT2D eigenvalue weighted by Crippen LogP contribution is 2.38. The van der Waals surface area contributed by atoms with E-state index in [1.54, 1.807) is 0 Å². The van der Waals surface area contributed by atoms with Crippen LogP contribution in [0.2, 0.25) is 0 Å². The number of piperazine rings is 1. The molecule has 0 amide bonds. The fourth-order valence-electron chi connectivity index (χ4n) is 7.43. The van der Waals surface area contributed by atoms with Crippen molar-refractivity contribution >= 4 is 17.0 Å². The van der Waals surface area contributed by atoms with Crippen LogP contribution in [0.3, 0.4) is 0 Å². The van der Waals surface area contributed by atoms with Gasteiger partial charge in [0.25, 0.3) is 0 Å². The third kappa shape index (κ3) is 4.20. The summed E-state index contributed by atoms with van der Waals surface area (Å²) in [6.45, 7) is 9.82. The summed E-state index contributed by atoms with van der Waals surface area (Å²) in [6.07, 6.45) is 15.2. The predicted molar refractivity (Wildman–Crippen MR) is 137 cm³/mol. The van der Waals surface area contributed by atoms with Crippen molar-refractivity contribution < 1.29 is 0 Å². The number of para-hydroxylation sites is 2. The quantitative estimate of drug-likeness (QED) is 0.622. The highest BCUT2D eigenvalue weighted by atomic mass is 15.4. The van der Waals surface area contributed by atoms with E-state index in [1.165, 1.54) is 114 Å². The monoisotopic (exact) mass is 449 g/mol. The molecular formula is C28H43N5. The van der Waals surface area contributed by atoms with Crippen LogP contribution in [0.15, 0.2) is 24.3 Å². The fourth-order valence-corrected chi connectivity index (χ4v) is 7.43. The third-order valence-electron chi connectivity index (χ3n) is 9.47. The second kappa shape index (κ2) is 9.22. The van der Waals surface area contributed by atoms with Gasteiger partial charge >= 0.3 is 0 Å². The van der Waals surface area contributed by atoms with Gasteiger partial charge in [-0.2, -0.15) is 0 Å². The standard InChI is InChI=1S/C28H43N5/c1-28(15-7-3-2-4-8-16-28)32-18-13-23(14-19-32)33-26-12-6-5-11-25(26)29-27(33)31-21-20-30-17-9-10-24(30)22-31/h5-6,11-12,23-24H,2-4,7-10,13-22H2,1H3/t24-/m0/s1. The molecular weight excluding hydrogens is 406 g/mol. The Kier molecular flexibility index (Phi) is 6.12. The van der Waals surface area contributed by atoms with Crippen molar-refractivity contribution in [2.45, 2.75) is 95.2 Å². The molecule has 180 valence electrons. The Morgan fingerprint density at radius 3 is 2.36 bits per heavy atom. The number of imidazole rings is 1. The van der Waals surface area contributed by atoms with E-state index in [0.29, 0.717) is 11.6 Å². The highest BCUT2D eigenvalue weighted by Gasteiger charge is 2.37. The minimum Gasteiger partial charge on any atom is -0.339 e. The van der Waals surface area contributed by atoms with Crippen LogP contribution < -0.4 is 4.90 Å². The molecule has 1 aliphatic carbocycles. The highest BCUT2D eigenvalue weighted by molar-refractivity contribution is 5.79. The average Bonchev–Trinajstić information content (AvgIpc) is 3.46. The summed E-state index contributed by atoms with van der Waals surface area (Å²) in [6, 6.07) is 10.2. The molecule has 4 fully saturated rings. The third-order valence-corrected chi connectivity index (χ3v) is 9.47. The normalized spacial score (nSPS) is 28.0. The van der Waals surface area contributed by atoms with Gasteiger partial charge in [-0.1, -0.05) is 44.2 Å². The van der Waals surface area contributed by atoms with E-state index >= 15 is 0 Å². The molecule has 6 rings (SSSR count). The maximum Gasteiger partial charge on any atom is 0.206 e. The van der Waals surface area contributed by atoms with Crippen LogP contribution in [0.5, 0.6) is 0 Å². The van der Waals surface area contributed by atoms with E-state index in [0.717, 1.165) is 19.1 Å². The number of fused-ring (bicyclic) bond motifs is 2. The van der Waals surface area contributed by atoms with Crippen LogP contribution in [-0.2, 0) is 0 Å². The van der Waals surface area contributed by atoms with Crippen LogP contribution >= 0.6 is 0 Å². The number of nitrogens with zero attached hydrogens (tertiary/aromatic N) is 5. The van der Waals surface area contributed by atoms with Gasteiger partial charge in [0.05, 0.1) is 11.0 Å². The number of likely N-dealkylation sites (tertiary alicyclic amines) is 1. The van der Waals surface area contributed by atoms with Crippen LogP contribution in [0, 0.1) is 0 Å². The van der Waals surface area contributed by atoms with E-state index in [-0.39, 0.29) is 0 Å².